The lowest BCUT2D eigenvalue weighted by molar-refractivity contribution is -0.117. The second-order valence-electron chi connectivity index (χ2n) is 3.10. The van der Waals surface area contributed by atoms with E-state index in [2.05, 4.69) is 6.58 Å². The molecule has 0 radical (unpaired) electrons. The fourth-order valence-electron chi connectivity index (χ4n) is 1.27. The monoisotopic (exact) mass is 191 g/mol. The first kappa shape index (κ1) is 10.3. The maximum absolute atomic E-state index is 10.7. The lowest BCUT2D eigenvalue weighted by atomic mass is 10.0. The molecule has 0 heterocycles. The van der Waals surface area contributed by atoms with Gasteiger partial charge >= 0.3 is 0 Å². The molecule has 3 nitrogen and oxygen atoms in total. The Balaban J connectivity index is 2.93. The summed E-state index contributed by atoms with van der Waals surface area (Å²) in [6.07, 6.45) is 2.48. The lowest BCUT2D eigenvalue weighted by Gasteiger charge is -2.04. The van der Waals surface area contributed by atoms with Crippen molar-refractivity contribution in [3.05, 3.63) is 42.0 Å². The van der Waals surface area contributed by atoms with Gasteiger partial charge in [0.1, 0.15) is 5.75 Å². The molecule has 1 aromatic rings. The molecule has 1 rings (SSSR count). The van der Waals surface area contributed by atoms with Gasteiger partial charge in [-0.15, -0.1) is 6.58 Å². The number of phenolic OH excluding ortho intramolecular Hbond substituents is 1. The number of rotatable bonds is 4. The zero-order valence-electron chi connectivity index (χ0n) is 7.86. The van der Waals surface area contributed by atoms with Gasteiger partial charge in [-0.2, -0.15) is 0 Å². The summed E-state index contributed by atoms with van der Waals surface area (Å²) in [5.41, 5.74) is 6.64. The Morgan fingerprint density at radius 1 is 1.57 bits per heavy atom. The summed E-state index contributed by atoms with van der Waals surface area (Å²) < 4.78 is 0. The van der Waals surface area contributed by atoms with Crippen LogP contribution in [0.2, 0.25) is 0 Å². The van der Waals surface area contributed by atoms with Crippen LogP contribution in [0, 0.1) is 0 Å². The van der Waals surface area contributed by atoms with Crippen LogP contribution < -0.4 is 5.73 Å². The van der Waals surface area contributed by atoms with E-state index in [4.69, 9.17) is 5.73 Å². The van der Waals surface area contributed by atoms with Gasteiger partial charge in [0.25, 0.3) is 0 Å². The van der Waals surface area contributed by atoms with E-state index in [1.54, 1.807) is 24.3 Å². The molecule has 0 bridgehead atoms. The van der Waals surface area contributed by atoms with Crippen molar-refractivity contribution in [1.29, 1.82) is 0 Å². The van der Waals surface area contributed by atoms with E-state index in [1.165, 1.54) is 0 Å². The van der Waals surface area contributed by atoms with Gasteiger partial charge in [-0.05, 0) is 23.6 Å². The first-order valence-electron chi connectivity index (χ1n) is 4.33. The van der Waals surface area contributed by atoms with E-state index in [9.17, 15) is 9.90 Å². The van der Waals surface area contributed by atoms with Gasteiger partial charge in [0.15, 0.2) is 0 Å². The van der Waals surface area contributed by atoms with Crippen molar-refractivity contribution in [2.75, 3.05) is 0 Å². The highest BCUT2D eigenvalue weighted by atomic mass is 16.3. The SMILES string of the molecule is C=CCc1cc(CC(N)=O)ccc1O. The van der Waals surface area contributed by atoms with Crippen LogP contribution in [0.4, 0.5) is 0 Å². The fraction of sp³-hybridized carbons (Fsp3) is 0.182. The van der Waals surface area contributed by atoms with Gasteiger partial charge in [0.05, 0.1) is 6.42 Å². The van der Waals surface area contributed by atoms with Gasteiger partial charge in [0.2, 0.25) is 5.91 Å². The van der Waals surface area contributed by atoms with Gasteiger partial charge in [-0.3, -0.25) is 4.79 Å². The smallest absolute Gasteiger partial charge is 0.221 e. The molecule has 0 fully saturated rings. The van der Waals surface area contributed by atoms with Crippen LogP contribution in [-0.4, -0.2) is 11.0 Å². The zero-order valence-corrected chi connectivity index (χ0v) is 7.86. The summed E-state index contributed by atoms with van der Waals surface area (Å²) in [5.74, 6) is -0.154. The summed E-state index contributed by atoms with van der Waals surface area (Å²) >= 11 is 0. The first-order valence-corrected chi connectivity index (χ1v) is 4.33. The Hall–Kier alpha value is -1.77. The van der Waals surface area contributed by atoms with Crippen molar-refractivity contribution < 1.29 is 9.90 Å². The molecule has 0 aliphatic heterocycles. The largest absolute Gasteiger partial charge is 0.508 e. The van der Waals surface area contributed by atoms with Crippen LogP contribution in [0.15, 0.2) is 30.9 Å². The average Bonchev–Trinajstić information content (AvgIpc) is 2.10. The van der Waals surface area contributed by atoms with Crippen LogP contribution >= 0.6 is 0 Å². The molecular formula is C11H13NO2. The van der Waals surface area contributed by atoms with Gasteiger partial charge in [-0.25, -0.2) is 0 Å². The fourth-order valence-corrected chi connectivity index (χ4v) is 1.27. The second-order valence-corrected chi connectivity index (χ2v) is 3.10. The molecule has 0 aromatic heterocycles. The Labute approximate surface area is 82.9 Å². The standard InChI is InChI=1S/C11H13NO2/c1-2-3-9-6-8(7-11(12)14)4-5-10(9)13/h2,4-6,13H,1,3,7H2,(H2,12,14). The van der Waals surface area contributed by atoms with E-state index in [-0.39, 0.29) is 18.1 Å². The topological polar surface area (TPSA) is 63.3 Å². The minimum Gasteiger partial charge on any atom is -0.508 e. The number of nitrogens with two attached hydrogens (primary N) is 1. The van der Waals surface area contributed by atoms with E-state index in [0.717, 1.165) is 11.1 Å². The third-order valence-corrected chi connectivity index (χ3v) is 1.89. The molecular weight excluding hydrogens is 178 g/mol. The number of amides is 1. The highest BCUT2D eigenvalue weighted by Crippen LogP contribution is 2.19. The van der Waals surface area contributed by atoms with E-state index < -0.39 is 0 Å². The maximum atomic E-state index is 10.7. The molecule has 0 aliphatic carbocycles. The minimum atomic E-state index is -0.375. The third-order valence-electron chi connectivity index (χ3n) is 1.89. The Morgan fingerprint density at radius 2 is 2.29 bits per heavy atom. The quantitative estimate of drug-likeness (QED) is 0.701. The molecule has 14 heavy (non-hydrogen) atoms. The van der Waals surface area contributed by atoms with Crippen molar-refractivity contribution in [2.24, 2.45) is 5.73 Å². The van der Waals surface area contributed by atoms with Crippen LogP contribution in [0.1, 0.15) is 11.1 Å². The summed E-state index contributed by atoms with van der Waals surface area (Å²) in [6, 6.07) is 5.02. The van der Waals surface area contributed by atoms with Crippen LogP contribution in [0.5, 0.6) is 5.75 Å². The molecule has 1 aromatic carbocycles. The Morgan fingerprint density at radius 3 is 2.86 bits per heavy atom. The number of hydrogen-bond donors (Lipinski definition) is 2. The molecule has 0 aliphatic rings. The number of carbonyl (C=O) groups excluding carboxylic acids is 1. The Bertz CT molecular complexity index is 358. The number of aromatic hydroxyl groups is 1. The highest BCUT2D eigenvalue weighted by Gasteiger charge is 2.03. The van der Waals surface area contributed by atoms with E-state index in [0.29, 0.717) is 6.42 Å². The van der Waals surface area contributed by atoms with Crippen molar-refractivity contribution >= 4 is 5.91 Å². The predicted octanol–water partition coefficient (Wildman–Crippen LogP) is 1.15. The molecule has 0 saturated heterocycles. The molecule has 74 valence electrons. The number of carbonyl (C=O) groups is 1. The van der Waals surface area contributed by atoms with Crippen LogP contribution in [0.25, 0.3) is 0 Å². The summed E-state index contributed by atoms with van der Waals surface area (Å²) in [6.45, 7) is 3.58. The number of benzene rings is 1. The molecule has 3 N–H and O–H groups in total. The minimum absolute atomic E-state index is 0.199. The predicted molar refractivity (Wildman–Crippen MR) is 54.9 cm³/mol. The highest BCUT2D eigenvalue weighted by molar-refractivity contribution is 5.76. The van der Waals surface area contributed by atoms with Crippen LogP contribution in [-0.2, 0) is 17.6 Å². The van der Waals surface area contributed by atoms with Crippen molar-refractivity contribution in [1.82, 2.24) is 0 Å². The lowest BCUT2D eigenvalue weighted by Crippen LogP contribution is -2.13. The zero-order chi connectivity index (χ0) is 10.6. The molecule has 0 unspecified atom stereocenters. The van der Waals surface area contributed by atoms with Crippen LogP contribution in [0.3, 0.4) is 0 Å². The van der Waals surface area contributed by atoms with E-state index >= 15 is 0 Å². The average molecular weight is 191 g/mol. The number of hydrogen-bond acceptors (Lipinski definition) is 2. The van der Waals surface area contributed by atoms with Crippen molar-refractivity contribution in [3.8, 4) is 5.75 Å². The maximum Gasteiger partial charge on any atom is 0.221 e. The molecule has 0 spiro atoms. The normalized spacial score (nSPS) is 9.71. The summed E-state index contributed by atoms with van der Waals surface area (Å²) in [5, 5.41) is 9.44. The third kappa shape index (κ3) is 2.62. The summed E-state index contributed by atoms with van der Waals surface area (Å²) in [4.78, 5) is 10.7. The number of allylic oxidation sites excluding steroid dienone is 1. The van der Waals surface area contributed by atoms with Gasteiger partial charge in [-0.1, -0.05) is 18.2 Å². The van der Waals surface area contributed by atoms with Gasteiger partial charge in [0, 0.05) is 0 Å². The summed E-state index contributed by atoms with van der Waals surface area (Å²) in [7, 11) is 0. The number of phenols is 1. The first-order chi connectivity index (χ1) is 6.63. The number of primary amides is 1. The van der Waals surface area contributed by atoms with Crippen molar-refractivity contribution in [2.45, 2.75) is 12.8 Å². The second kappa shape index (κ2) is 4.46. The van der Waals surface area contributed by atoms with Crippen molar-refractivity contribution in [3.63, 3.8) is 0 Å². The molecule has 3 heteroatoms. The Kier molecular flexibility index (Phi) is 3.29. The van der Waals surface area contributed by atoms with Gasteiger partial charge < -0.3 is 10.8 Å². The molecule has 0 saturated carbocycles. The molecule has 1 amide bonds. The van der Waals surface area contributed by atoms with E-state index in [1.807, 2.05) is 0 Å². The molecule has 0 atom stereocenters.